The molecule has 2 rings (SSSR count). The first-order valence-corrected chi connectivity index (χ1v) is 10.7. The fraction of sp³-hybridized carbons (Fsp3) is 0.474. The Morgan fingerprint density at radius 1 is 1.42 bits per heavy atom. The number of likely N-dealkylation sites (tertiary alicyclic amines) is 1. The summed E-state index contributed by atoms with van der Waals surface area (Å²) in [7, 11) is 0. The smallest absolute Gasteiger partial charge is 0.254 e. The molecule has 1 saturated heterocycles. The Balaban J connectivity index is 2.26. The Bertz CT molecular complexity index is 619. The second kappa shape index (κ2) is 7.44. The normalized spacial score (nSPS) is 23.2. The van der Waals surface area contributed by atoms with Crippen molar-refractivity contribution in [2.24, 2.45) is 0 Å². The molecule has 1 aromatic carbocycles. The summed E-state index contributed by atoms with van der Waals surface area (Å²) in [6.45, 7) is 7.77. The van der Waals surface area contributed by atoms with Crippen molar-refractivity contribution in [1.82, 2.24) is 4.90 Å². The number of halogens is 2. The van der Waals surface area contributed by atoms with Crippen LogP contribution in [0.5, 0.6) is 0 Å². The van der Waals surface area contributed by atoms with E-state index in [-0.39, 0.29) is 11.9 Å². The third-order valence-electron chi connectivity index (χ3n) is 4.86. The summed E-state index contributed by atoms with van der Waals surface area (Å²) < 4.78 is 16.6. The summed E-state index contributed by atoms with van der Waals surface area (Å²) in [4.78, 5) is 14.5. The van der Waals surface area contributed by atoms with E-state index in [0.29, 0.717) is 11.1 Å². The van der Waals surface area contributed by atoms with Gasteiger partial charge in [0.25, 0.3) is 5.91 Å². The zero-order chi connectivity index (χ0) is 18.0. The van der Waals surface area contributed by atoms with Crippen LogP contribution in [-0.2, 0) is 5.60 Å². The number of benzene rings is 1. The maximum Gasteiger partial charge on any atom is 0.254 e. The van der Waals surface area contributed by atoms with Crippen LogP contribution in [0.3, 0.4) is 0 Å². The molecule has 24 heavy (non-hydrogen) atoms. The van der Waals surface area contributed by atoms with Gasteiger partial charge in [0.15, 0.2) is 0 Å². The predicted molar refractivity (Wildman–Crippen MR) is 106 cm³/mol. The Kier molecular flexibility index (Phi) is 5.96. The summed E-state index contributed by atoms with van der Waals surface area (Å²) in [5, 5.41) is 10.7. The molecule has 1 N–H and O–H groups in total. The summed E-state index contributed by atoms with van der Waals surface area (Å²) in [5.74, 6) is -0.00629. The number of nitrogens with zero attached hydrogens (tertiary/aromatic N) is 1. The molecule has 0 aromatic heterocycles. The molecule has 1 aromatic rings. The first-order chi connectivity index (χ1) is 11.3. The number of hydrogen-bond acceptors (Lipinski definition) is 2. The number of alkyl halides is 2. The Hall–Kier alpha value is -1.08. The highest BCUT2D eigenvalue weighted by molar-refractivity contribution is 14.2. The zero-order valence-corrected chi connectivity index (χ0v) is 16.4. The fourth-order valence-electron chi connectivity index (χ4n) is 3.08. The van der Waals surface area contributed by atoms with Crippen LogP contribution < -0.4 is 0 Å². The molecule has 3 nitrogen and oxygen atoms in total. The van der Waals surface area contributed by atoms with Crippen molar-refractivity contribution in [1.29, 1.82) is 0 Å². The van der Waals surface area contributed by atoms with Gasteiger partial charge < -0.3 is 10.0 Å². The van der Waals surface area contributed by atoms with Crippen molar-refractivity contribution in [2.45, 2.75) is 48.4 Å². The van der Waals surface area contributed by atoms with Crippen LogP contribution in [0.25, 0.3) is 0 Å². The Morgan fingerprint density at radius 3 is 2.54 bits per heavy atom. The van der Waals surface area contributed by atoms with E-state index >= 15 is 0 Å². The van der Waals surface area contributed by atoms with Gasteiger partial charge in [0.1, 0.15) is 5.60 Å². The molecule has 1 unspecified atom stereocenters. The van der Waals surface area contributed by atoms with Gasteiger partial charge in [-0.05, 0) is 56.9 Å². The Labute approximate surface area is 153 Å². The van der Waals surface area contributed by atoms with Crippen LogP contribution in [0, 0.1) is 0 Å². The number of rotatable bonds is 5. The van der Waals surface area contributed by atoms with Crippen LogP contribution in [0.15, 0.2) is 36.9 Å². The van der Waals surface area contributed by atoms with Gasteiger partial charge in [0, 0.05) is 18.2 Å². The van der Waals surface area contributed by atoms with Gasteiger partial charge in [-0.3, -0.25) is 4.79 Å². The SMILES string of the molecule is C=CC(F)(I=C)[C@@](C)(O)c1ccc(C(=O)N2CCCC[C@@H]2C)cc1. The molecule has 0 radical (unpaired) electrons. The Morgan fingerprint density at radius 2 is 2.04 bits per heavy atom. The topological polar surface area (TPSA) is 40.5 Å². The molecule has 1 aliphatic heterocycles. The lowest BCUT2D eigenvalue weighted by molar-refractivity contribution is -0.0121. The van der Waals surface area contributed by atoms with E-state index in [0.717, 1.165) is 31.9 Å². The van der Waals surface area contributed by atoms with Crippen molar-refractivity contribution in [3.8, 4) is 0 Å². The van der Waals surface area contributed by atoms with Crippen molar-refractivity contribution < 1.29 is 14.3 Å². The van der Waals surface area contributed by atoms with Gasteiger partial charge in [-0.2, -0.15) is 0 Å². The van der Waals surface area contributed by atoms with E-state index in [9.17, 15) is 14.3 Å². The molecule has 1 fully saturated rings. The number of aliphatic hydroxyl groups is 1. The molecule has 132 valence electrons. The molecule has 1 heterocycles. The fourth-order valence-corrected chi connectivity index (χ4v) is 4.44. The quantitative estimate of drug-likeness (QED) is 0.420. The standard InChI is InChI=1S/C19H25FINO2/c1-5-19(20,21-4)18(3,24)16-11-9-15(10-12-16)17(23)22-13-7-6-8-14(22)2/h5,9-12,14,24H,1,4,6-8,13H2,2-3H3/t14-,18-,19?/m0/s1. The van der Waals surface area contributed by atoms with Crippen molar-refractivity contribution in [3.63, 3.8) is 0 Å². The van der Waals surface area contributed by atoms with Gasteiger partial charge in [0.2, 0.25) is 3.68 Å². The van der Waals surface area contributed by atoms with Crippen LogP contribution in [-0.4, -0.2) is 36.7 Å². The highest BCUT2D eigenvalue weighted by atomic mass is 127. The van der Waals surface area contributed by atoms with Crippen LogP contribution in [0.1, 0.15) is 49.0 Å². The van der Waals surface area contributed by atoms with Gasteiger partial charge >= 0.3 is 0 Å². The third kappa shape index (κ3) is 3.47. The maximum atomic E-state index is 14.9. The molecule has 0 spiro atoms. The minimum Gasteiger partial charge on any atom is -0.381 e. The van der Waals surface area contributed by atoms with Gasteiger partial charge in [0.05, 0.1) is 0 Å². The van der Waals surface area contributed by atoms with E-state index in [2.05, 4.69) is 18.0 Å². The average Bonchev–Trinajstić information content (AvgIpc) is 2.60. The van der Waals surface area contributed by atoms with Gasteiger partial charge in [-0.15, -0.1) is 0 Å². The molecule has 1 amide bonds. The first kappa shape index (κ1) is 19.2. The molecule has 0 aliphatic carbocycles. The van der Waals surface area contributed by atoms with Crippen molar-refractivity contribution in [3.05, 3.63) is 48.0 Å². The molecule has 5 heteroatoms. The highest BCUT2D eigenvalue weighted by Crippen LogP contribution is 2.44. The molecular weight excluding hydrogens is 420 g/mol. The van der Waals surface area contributed by atoms with E-state index in [1.807, 2.05) is 4.90 Å². The monoisotopic (exact) mass is 445 g/mol. The highest BCUT2D eigenvalue weighted by Gasteiger charge is 2.45. The second-order valence-electron chi connectivity index (χ2n) is 6.45. The van der Waals surface area contributed by atoms with Crippen LogP contribution >= 0.6 is 20.7 Å². The number of carbonyl (C=O) groups excluding carboxylic acids is 1. The number of piperidine rings is 1. The summed E-state index contributed by atoms with van der Waals surface area (Å²) in [6, 6.07) is 6.82. The lowest BCUT2D eigenvalue weighted by atomic mass is 9.90. The number of amides is 1. The van der Waals surface area contributed by atoms with E-state index < -0.39 is 30.0 Å². The number of carbonyl (C=O) groups is 1. The summed E-state index contributed by atoms with van der Waals surface area (Å²) in [6.07, 6.45) is 4.35. The summed E-state index contributed by atoms with van der Waals surface area (Å²) >= 11 is -1.16. The lowest BCUT2D eigenvalue weighted by Gasteiger charge is -2.35. The second-order valence-corrected chi connectivity index (χ2v) is 8.79. The van der Waals surface area contributed by atoms with Crippen molar-refractivity contribution >= 4 is 31.2 Å². The molecule has 0 saturated carbocycles. The minimum atomic E-state index is -1.92. The maximum absolute atomic E-state index is 14.9. The summed E-state index contributed by atoms with van der Waals surface area (Å²) in [5.41, 5.74) is -0.712. The zero-order valence-electron chi connectivity index (χ0n) is 14.3. The molecule has 0 bridgehead atoms. The van der Waals surface area contributed by atoms with Gasteiger partial charge in [-0.1, -0.05) is 44.0 Å². The van der Waals surface area contributed by atoms with Gasteiger partial charge in [-0.25, -0.2) is 4.39 Å². The minimum absolute atomic E-state index is 0.00629. The first-order valence-electron chi connectivity index (χ1n) is 8.12. The third-order valence-corrected chi connectivity index (χ3v) is 7.46. The van der Waals surface area contributed by atoms with Crippen molar-refractivity contribution in [2.75, 3.05) is 6.54 Å². The molecular formula is C19H25FINO2. The number of hydrogen-bond donors (Lipinski definition) is 1. The van der Waals surface area contributed by atoms with E-state index in [4.69, 9.17) is 0 Å². The largest absolute Gasteiger partial charge is 0.381 e. The predicted octanol–water partition coefficient (Wildman–Crippen LogP) is 4.16. The average molecular weight is 445 g/mol. The molecule has 3 atom stereocenters. The van der Waals surface area contributed by atoms with E-state index in [1.54, 1.807) is 24.3 Å². The molecule has 1 aliphatic rings. The van der Waals surface area contributed by atoms with E-state index in [1.165, 1.54) is 6.92 Å². The lowest BCUT2D eigenvalue weighted by Crippen LogP contribution is -2.42. The van der Waals surface area contributed by atoms with Crippen LogP contribution in [0.4, 0.5) is 4.39 Å². The van der Waals surface area contributed by atoms with Crippen LogP contribution in [0.2, 0.25) is 0 Å².